The maximum atomic E-state index is 11.5. The lowest BCUT2D eigenvalue weighted by molar-refractivity contribution is -0.140. The van der Waals surface area contributed by atoms with Crippen molar-refractivity contribution in [2.45, 2.75) is 26.3 Å². The molecule has 0 aromatic heterocycles. The second kappa shape index (κ2) is 6.72. The van der Waals surface area contributed by atoms with Crippen molar-refractivity contribution in [3.63, 3.8) is 0 Å². The third-order valence-corrected chi connectivity index (χ3v) is 2.71. The number of carbonyl (C=O) groups excluding carboxylic acids is 2. The van der Waals surface area contributed by atoms with E-state index in [-0.39, 0.29) is 0 Å². The van der Waals surface area contributed by atoms with Gasteiger partial charge in [0, 0.05) is 11.1 Å². The fraction of sp³-hybridized carbons (Fsp3) is 0.308. The summed E-state index contributed by atoms with van der Waals surface area (Å²) in [4.78, 5) is 23.0. The number of carbonyl (C=O) groups is 2. The quantitative estimate of drug-likeness (QED) is 0.499. The van der Waals surface area contributed by atoms with Crippen molar-refractivity contribution in [1.82, 2.24) is 10.7 Å². The minimum absolute atomic E-state index is 0.398. The van der Waals surface area contributed by atoms with Crippen molar-refractivity contribution in [1.29, 1.82) is 0 Å². The van der Waals surface area contributed by atoms with Gasteiger partial charge >= 0.3 is 11.8 Å². The van der Waals surface area contributed by atoms with Gasteiger partial charge in [0.15, 0.2) is 0 Å². The van der Waals surface area contributed by atoms with Crippen LogP contribution in [-0.4, -0.2) is 23.6 Å². The van der Waals surface area contributed by atoms with E-state index in [9.17, 15) is 9.59 Å². The summed E-state index contributed by atoms with van der Waals surface area (Å²) >= 11 is 11.9. The predicted molar refractivity (Wildman–Crippen MR) is 80.1 cm³/mol. The Labute approximate surface area is 127 Å². The number of nitrogens with one attached hydrogen (secondary N) is 2. The second-order valence-electron chi connectivity index (χ2n) is 5.04. The summed E-state index contributed by atoms with van der Waals surface area (Å²) in [6.45, 7) is 5.31. The summed E-state index contributed by atoms with van der Waals surface area (Å²) < 4.78 is 0. The normalized spacial score (nSPS) is 11.4. The molecule has 1 aromatic rings. The molecular weight excluding hydrogens is 301 g/mol. The van der Waals surface area contributed by atoms with Gasteiger partial charge in [-0.15, -0.1) is 0 Å². The molecule has 2 N–H and O–H groups in total. The molecule has 0 aliphatic rings. The smallest absolute Gasteiger partial charge is 0.329 e. The van der Waals surface area contributed by atoms with E-state index >= 15 is 0 Å². The Bertz CT molecular complexity index is 531. The van der Waals surface area contributed by atoms with Crippen molar-refractivity contribution in [2.75, 3.05) is 0 Å². The average Bonchev–Trinajstić information content (AvgIpc) is 2.30. The molecule has 1 rings (SSSR count). The van der Waals surface area contributed by atoms with Crippen LogP contribution in [0.15, 0.2) is 23.3 Å². The highest BCUT2D eigenvalue weighted by Crippen LogP contribution is 2.21. The van der Waals surface area contributed by atoms with Gasteiger partial charge in [-0.2, -0.15) is 5.10 Å². The van der Waals surface area contributed by atoms with Gasteiger partial charge in [-0.3, -0.25) is 9.59 Å². The Balaban J connectivity index is 2.65. The minimum Gasteiger partial charge on any atom is -0.343 e. The number of amides is 2. The third-order valence-electron chi connectivity index (χ3n) is 2.05. The van der Waals surface area contributed by atoms with E-state index in [0.717, 1.165) is 0 Å². The van der Waals surface area contributed by atoms with Gasteiger partial charge in [0.05, 0.1) is 16.3 Å². The first-order valence-electron chi connectivity index (χ1n) is 5.80. The topological polar surface area (TPSA) is 70.6 Å². The van der Waals surface area contributed by atoms with Crippen LogP contribution in [0.5, 0.6) is 0 Å². The summed E-state index contributed by atoms with van der Waals surface area (Å²) in [5.74, 6) is -1.63. The number of nitrogens with zero attached hydrogens (tertiary/aromatic N) is 1. The average molecular weight is 316 g/mol. The molecule has 0 atom stereocenters. The summed E-state index contributed by atoms with van der Waals surface area (Å²) in [5.41, 5.74) is 2.08. The number of hydrogen-bond acceptors (Lipinski definition) is 3. The van der Waals surface area contributed by atoms with Crippen LogP contribution in [0, 0.1) is 0 Å². The molecule has 5 nitrogen and oxygen atoms in total. The molecule has 0 spiro atoms. The summed E-state index contributed by atoms with van der Waals surface area (Å²) in [6, 6.07) is 4.98. The number of rotatable bonds is 2. The van der Waals surface area contributed by atoms with Crippen molar-refractivity contribution >= 4 is 41.2 Å². The van der Waals surface area contributed by atoms with Gasteiger partial charge in [-0.25, -0.2) is 5.43 Å². The van der Waals surface area contributed by atoms with Crippen molar-refractivity contribution in [3.8, 4) is 0 Å². The van der Waals surface area contributed by atoms with Crippen LogP contribution in [0.4, 0.5) is 0 Å². The monoisotopic (exact) mass is 315 g/mol. The van der Waals surface area contributed by atoms with Crippen LogP contribution < -0.4 is 10.7 Å². The Morgan fingerprint density at radius 2 is 1.70 bits per heavy atom. The van der Waals surface area contributed by atoms with Crippen LogP contribution in [0.2, 0.25) is 10.0 Å². The van der Waals surface area contributed by atoms with Crippen LogP contribution in [-0.2, 0) is 9.59 Å². The van der Waals surface area contributed by atoms with E-state index in [0.29, 0.717) is 15.6 Å². The molecule has 0 saturated heterocycles. The zero-order chi connectivity index (χ0) is 15.3. The highest BCUT2D eigenvalue weighted by Gasteiger charge is 2.19. The molecule has 7 heteroatoms. The number of hydrogen-bond donors (Lipinski definition) is 2. The molecule has 0 heterocycles. The van der Waals surface area contributed by atoms with E-state index in [2.05, 4.69) is 15.8 Å². The van der Waals surface area contributed by atoms with E-state index in [4.69, 9.17) is 23.2 Å². The lowest BCUT2D eigenvalue weighted by atomic mass is 10.1. The summed E-state index contributed by atoms with van der Waals surface area (Å²) in [6.07, 6.45) is 1.28. The molecule has 2 amide bonds. The van der Waals surface area contributed by atoms with Gasteiger partial charge < -0.3 is 5.32 Å². The first kappa shape index (κ1) is 16.5. The molecule has 0 aliphatic heterocycles. The predicted octanol–water partition coefficient (Wildman–Crippen LogP) is 2.36. The van der Waals surface area contributed by atoms with E-state index < -0.39 is 17.4 Å². The Kier molecular flexibility index (Phi) is 5.53. The molecule has 0 saturated carbocycles. The Hall–Kier alpha value is -1.59. The van der Waals surface area contributed by atoms with Crippen molar-refractivity contribution < 1.29 is 9.59 Å². The first-order valence-corrected chi connectivity index (χ1v) is 6.56. The SMILES string of the molecule is CC(C)(C)NC(=O)C(=O)N/N=C/c1c(Cl)cccc1Cl. The van der Waals surface area contributed by atoms with Crippen LogP contribution in [0.1, 0.15) is 26.3 Å². The zero-order valence-corrected chi connectivity index (χ0v) is 12.8. The molecule has 1 aromatic carbocycles. The van der Waals surface area contributed by atoms with Crippen molar-refractivity contribution in [2.24, 2.45) is 5.10 Å². The number of halogens is 2. The van der Waals surface area contributed by atoms with Crippen LogP contribution in [0.3, 0.4) is 0 Å². The lowest BCUT2D eigenvalue weighted by Crippen LogP contribution is -2.47. The zero-order valence-electron chi connectivity index (χ0n) is 11.3. The van der Waals surface area contributed by atoms with E-state index in [1.807, 2.05) is 0 Å². The molecule has 0 bridgehead atoms. The highest BCUT2D eigenvalue weighted by atomic mass is 35.5. The first-order chi connectivity index (χ1) is 9.20. The second-order valence-corrected chi connectivity index (χ2v) is 5.85. The van der Waals surface area contributed by atoms with Gasteiger partial charge in [-0.1, -0.05) is 29.3 Å². The van der Waals surface area contributed by atoms with Crippen molar-refractivity contribution in [3.05, 3.63) is 33.8 Å². The van der Waals surface area contributed by atoms with Gasteiger partial charge in [0.25, 0.3) is 0 Å². The third kappa shape index (κ3) is 5.19. The van der Waals surface area contributed by atoms with Gasteiger partial charge in [0.2, 0.25) is 0 Å². The number of hydrazone groups is 1. The lowest BCUT2D eigenvalue weighted by Gasteiger charge is -2.19. The summed E-state index contributed by atoms with van der Waals surface area (Å²) in [7, 11) is 0. The molecule has 20 heavy (non-hydrogen) atoms. The van der Waals surface area contributed by atoms with E-state index in [1.165, 1.54) is 6.21 Å². The van der Waals surface area contributed by atoms with Gasteiger partial charge in [-0.05, 0) is 32.9 Å². The molecular formula is C13H15Cl2N3O2. The molecule has 0 unspecified atom stereocenters. The standard InChI is InChI=1S/C13H15Cl2N3O2/c1-13(2,3)17-11(19)12(20)18-16-7-8-9(14)5-4-6-10(8)15/h4-7H,1-3H3,(H,17,19)(H,18,20)/b16-7+. The molecule has 0 fully saturated rings. The fourth-order valence-corrected chi connectivity index (χ4v) is 1.73. The van der Waals surface area contributed by atoms with Gasteiger partial charge in [0.1, 0.15) is 0 Å². The molecule has 108 valence electrons. The highest BCUT2D eigenvalue weighted by molar-refractivity contribution is 6.38. The Morgan fingerprint density at radius 3 is 2.20 bits per heavy atom. The minimum atomic E-state index is -0.862. The Morgan fingerprint density at radius 1 is 1.15 bits per heavy atom. The maximum absolute atomic E-state index is 11.5. The fourth-order valence-electron chi connectivity index (χ4n) is 1.24. The number of benzene rings is 1. The molecule has 0 radical (unpaired) electrons. The van der Waals surface area contributed by atoms with E-state index in [1.54, 1.807) is 39.0 Å². The van der Waals surface area contributed by atoms with Crippen LogP contribution in [0.25, 0.3) is 0 Å². The maximum Gasteiger partial charge on any atom is 0.329 e. The van der Waals surface area contributed by atoms with Crippen LogP contribution >= 0.6 is 23.2 Å². The summed E-state index contributed by atoms with van der Waals surface area (Å²) in [5, 5.41) is 6.97. The molecule has 0 aliphatic carbocycles. The largest absolute Gasteiger partial charge is 0.343 e.